The molecule has 0 aromatic heterocycles. The molecule has 0 spiro atoms. The molecule has 0 saturated heterocycles. The van der Waals surface area contributed by atoms with Gasteiger partial charge >= 0.3 is 5.97 Å². The highest BCUT2D eigenvalue weighted by Gasteiger charge is 2.40. The van der Waals surface area contributed by atoms with Crippen molar-refractivity contribution in [1.29, 1.82) is 0 Å². The molecule has 4 heteroatoms. The molecular weight excluding hydrogens is 374 g/mol. The molecule has 1 fully saturated rings. The van der Waals surface area contributed by atoms with Gasteiger partial charge in [0.05, 0.1) is 7.11 Å². The van der Waals surface area contributed by atoms with E-state index >= 15 is 0 Å². The van der Waals surface area contributed by atoms with Crippen LogP contribution in [0.15, 0.2) is 42.5 Å². The molecule has 1 atom stereocenters. The van der Waals surface area contributed by atoms with Crippen molar-refractivity contribution >= 4 is 12.0 Å². The summed E-state index contributed by atoms with van der Waals surface area (Å²) in [4.78, 5) is 13.3. The second-order valence-electron chi connectivity index (χ2n) is 9.27. The van der Waals surface area contributed by atoms with Crippen LogP contribution in [-0.4, -0.2) is 36.2 Å². The maximum atomic E-state index is 10.7. The highest BCUT2D eigenvalue weighted by Crippen LogP contribution is 2.50. The van der Waals surface area contributed by atoms with Gasteiger partial charge in [-0.25, -0.2) is 4.79 Å². The molecule has 2 aromatic carbocycles. The van der Waals surface area contributed by atoms with Crippen LogP contribution < -0.4 is 4.74 Å². The predicted molar refractivity (Wildman–Crippen MR) is 121 cm³/mol. The lowest BCUT2D eigenvalue weighted by molar-refractivity contribution is -0.131. The minimum atomic E-state index is -0.938. The van der Waals surface area contributed by atoms with E-state index in [1.807, 2.05) is 24.3 Å². The van der Waals surface area contributed by atoms with Crippen molar-refractivity contribution in [3.8, 4) is 16.9 Å². The smallest absolute Gasteiger partial charge is 0.328 e. The van der Waals surface area contributed by atoms with Crippen molar-refractivity contribution in [2.24, 2.45) is 0 Å². The molecule has 0 amide bonds. The van der Waals surface area contributed by atoms with Gasteiger partial charge in [0, 0.05) is 23.7 Å². The molecule has 2 aromatic rings. The van der Waals surface area contributed by atoms with Gasteiger partial charge in [0.25, 0.3) is 0 Å². The summed E-state index contributed by atoms with van der Waals surface area (Å²) in [5.74, 6) is 0.0362. The SMILES string of the molecule is COc1cc(-c2ccc(/C=C/C(=O)O)cc2)cc2c1C(N(C)C1CC1)CCC2(C)C. The lowest BCUT2D eigenvalue weighted by atomic mass is 9.69. The quantitative estimate of drug-likeness (QED) is 0.630. The summed E-state index contributed by atoms with van der Waals surface area (Å²) < 4.78 is 5.93. The van der Waals surface area contributed by atoms with Crippen molar-refractivity contribution < 1.29 is 14.6 Å². The van der Waals surface area contributed by atoms with E-state index in [9.17, 15) is 4.79 Å². The Hall–Kier alpha value is -2.59. The standard InChI is InChI=1S/C26H31NO3/c1-26(2)14-13-22(27(3)20-10-11-20)25-21(26)15-19(16-23(25)30-4)18-8-5-17(6-9-18)7-12-24(28)29/h5-9,12,15-16,20,22H,10-11,13-14H2,1-4H3,(H,28,29)/b12-7+. The summed E-state index contributed by atoms with van der Waals surface area (Å²) in [6.07, 6.45) is 7.70. The van der Waals surface area contributed by atoms with Crippen molar-refractivity contribution in [3.63, 3.8) is 0 Å². The number of ether oxygens (including phenoxy) is 1. The minimum Gasteiger partial charge on any atom is -0.496 e. The van der Waals surface area contributed by atoms with Gasteiger partial charge in [0.2, 0.25) is 0 Å². The Labute approximate surface area is 179 Å². The van der Waals surface area contributed by atoms with E-state index in [4.69, 9.17) is 9.84 Å². The zero-order chi connectivity index (χ0) is 21.5. The second-order valence-corrected chi connectivity index (χ2v) is 9.27. The Morgan fingerprint density at radius 3 is 2.43 bits per heavy atom. The molecule has 4 nitrogen and oxygen atoms in total. The number of rotatable bonds is 6. The van der Waals surface area contributed by atoms with E-state index in [2.05, 4.69) is 37.9 Å². The number of carboxylic acid groups (broad SMARTS) is 1. The fourth-order valence-corrected chi connectivity index (χ4v) is 4.74. The molecule has 4 rings (SSSR count). The Morgan fingerprint density at radius 1 is 1.13 bits per heavy atom. The first kappa shape index (κ1) is 20.7. The Balaban J connectivity index is 1.75. The number of aliphatic carboxylic acids is 1. The largest absolute Gasteiger partial charge is 0.496 e. The number of fused-ring (bicyclic) bond motifs is 1. The van der Waals surface area contributed by atoms with E-state index in [-0.39, 0.29) is 5.41 Å². The molecule has 30 heavy (non-hydrogen) atoms. The van der Waals surface area contributed by atoms with Crippen LogP contribution in [0.2, 0.25) is 0 Å². The van der Waals surface area contributed by atoms with E-state index in [1.54, 1.807) is 13.2 Å². The highest BCUT2D eigenvalue weighted by molar-refractivity contribution is 5.85. The normalized spacial score (nSPS) is 20.4. The second kappa shape index (κ2) is 7.92. The molecular formula is C26H31NO3. The van der Waals surface area contributed by atoms with Crippen LogP contribution in [0, 0.1) is 0 Å². The number of methoxy groups -OCH3 is 1. The maximum Gasteiger partial charge on any atom is 0.328 e. The van der Waals surface area contributed by atoms with Crippen molar-refractivity contribution in [2.75, 3.05) is 14.2 Å². The third kappa shape index (κ3) is 4.01. The number of nitrogens with zero attached hydrogens (tertiary/aromatic N) is 1. The maximum absolute atomic E-state index is 10.7. The van der Waals surface area contributed by atoms with E-state index in [1.165, 1.54) is 24.0 Å². The van der Waals surface area contributed by atoms with Gasteiger partial charge in [-0.05, 0) is 72.5 Å². The third-order valence-electron chi connectivity index (χ3n) is 6.74. The monoisotopic (exact) mass is 405 g/mol. The Bertz CT molecular complexity index is 971. The first-order valence-electron chi connectivity index (χ1n) is 10.8. The molecule has 0 bridgehead atoms. The van der Waals surface area contributed by atoms with Crippen LogP contribution in [0.3, 0.4) is 0 Å². The van der Waals surface area contributed by atoms with Crippen LogP contribution in [0.5, 0.6) is 5.75 Å². The summed E-state index contributed by atoms with van der Waals surface area (Å²) >= 11 is 0. The van der Waals surface area contributed by atoms with Gasteiger partial charge < -0.3 is 9.84 Å². The number of carboxylic acids is 1. The zero-order valence-corrected chi connectivity index (χ0v) is 18.3. The van der Waals surface area contributed by atoms with Crippen LogP contribution in [0.25, 0.3) is 17.2 Å². The summed E-state index contributed by atoms with van der Waals surface area (Å²) in [6, 6.07) is 13.6. The molecule has 158 valence electrons. The molecule has 1 saturated carbocycles. The van der Waals surface area contributed by atoms with Gasteiger partial charge in [0.1, 0.15) is 5.75 Å². The third-order valence-corrected chi connectivity index (χ3v) is 6.74. The van der Waals surface area contributed by atoms with Gasteiger partial charge in [-0.3, -0.25) is 4.90 Å². The minimum absolute atomic E-state index is 0.101. The molecule has 1 N–H and O–H groups in total. The van der Waals surface area contributed by atoms with Gasteiger partial charge in [-0.2, -0.15) is 0 Å². The van der Waals surface area contributed by atoms with E-state index in [0.29, 0.717) is 12.1 Å². The Morgan fingerprint density at radius 2 is 1.83 bits per heavy atom. The molecule has 0 radical (unpaired) electrons. The summed E-state index contributed by atoms with van der Waals surface area (Å²) in [6.45, 7) is 4.67. The molecule has 2 aliphatic rings. The topological polar surface area (TPSA) is 49.8 Å². The summed E-state index contributed by atoms with van der Waals surface area (Å²) in [5.41, 5.74) is 5.96. The van der Waals surface area contributed by atoms with Crippen molar-refractivity contribution in [1.82, 2.24) is 4.90 Å². The van der Waals surface area contributed by atoms with Gasteiger partial charge in [0.15, 0.2) is 0 Å². The Kier molecular flexibility index (Phi) is 5.46. The fourth-order valence-electron chi connectivity index (χ4n) is 4.74. The first-order chi connectivity index (χ1) is 14.3. The van der Waals surface area contributed by atoms with E-state index in [0.717, 1.165) is 41.4 Å². The van der Waals surface area contributed by atoms with Crippen molar-refractivity contribution in [3.05, 3.63) is 59.2 Å². The molecule has 2 aliphatic carbocycles. The number of carbonyl (C=O) groups is 1. The summed E-state index contributed by atoms with van der Waals surface area (Å²) in [7, 11) is 4.04. The lowest BCUT2D eigenvalue weighted by Gasteiger charge is -2.42. The number of hydrogen-bond acceptors (Lipinski definition) is 3. The average Bonchev–Trinajstić information content (AvgIpc) is 3.57. The van der Waals surface area contributed by atoms with Crippen LogP contribution in [0.4, 0.5) is 0 Å². The lowest BCUT2D eigenvalue weighted by Crippen LogP contribution is -2.35. The highest BCUT2D eigenvalue weighted by atomic mass is 16.5. The predicted octanol–water partition coefficient (Wildman–Crippen LogP) is 5.67. The van der Waals surface area contributed by atoms with E-state index < -0.39 is 5.97 Å². The van der Waals surface area contributed by atoms with Crippen LogP contribution in [-0.2, 0) is 10.2 Å². The first-order valence-corrected chi connectivity index (χ1v) is 10.8. The fraction of sp³-hybridized carbons (Fsp3) is 0.423. The molecule has 0 heterocycles. The summed E-state index contributed by atoms with van der Waals surface area (Å²) in [5, 5.41) is 8.82. The van der Waals surface area contributed by atoms with Crippen LogP contribution >= 0.6 is 0 Å². The molecule has 0 aliphatic heterocycles. The van der Waals surface area contributed by atoms with Crippen molar-refractivity contribution in [2.45, 2.75) is 57.0 Å². The van der Waals surface area contributed by atoms with Gasteiger partial charge in [-0.1, -0.05) is 44.2 Å². The number of hydrogen-bond donors (Lipinski definition) is 1. The average molecular weight is 406 g/mol. The van der Waals surface area contributed by atoms with Gasteiger partial charge in [-0.15, -0.1) is 0 Å². The molecule has 1 unspecified atom stereocenters. The van der Waals surface area contributed by atoms with Crippen LogP contribution in [0.1, 0.15) is 62.3 Å². The zero-order valence-electron chi connectivity index (χ0n) is 18.3. The number of benzene rings is 2.